The minimum absolute atomic E-state index is 0.106. The Hall–Kier alpha value is -6.12. The van der Waals surface area contributed by atoms with Gasteiger partial charge < -0.3 is 9.32 Å². The van der Waals surface area contributed by atoms with Gasteiger partial charge in [0.2, 0.25) is 0 Å². The van der Waals surface area contributed by atoms with Crippen LogP contribution in [0, 0.1) is 0 Å². The second-order valence-electron chi connectivity index (χ2n) is 14.2. The van der Waals surface area contributed by atoms with E-state index in [1.165, 1.54) is 54.4 Å². The Morgan fingerprint density at radius 2 is 1.06 bits per heavy atom. The van der Waals surface area contributed by atoms with Crippen molar-refractivity contribution in [3.63, 3.8) is 0 Å². The van der Waals surface area contributed by atoms with Gasteiger partial charge in [-0.15, -0.1) is 0 Å². The van der Waals surface area contributed by atoms with Crippen molar-refractivity contribution >= 4 is 60.3 Å². The van der Waals surface area contributed by atoms with Gasteiger partial charge >= 0.3 is 0 Å². The van der Waals surface area contributed by atoms with Gasteiger partial charge in [-0.3, -0.25) is 0 Å². The van der Waals surface area contributed by atoms with Crippen molar-refractivity contribution in [3.8, 4) is 22.5 Å². The Bertz CT molecular complexity index is 2690. The third-order valence-electron chi connectivity index (χ3n) is 9.91. The summed E-state index contributed by atoms with van der Waals surface area (Å²) in [6.45, 7) is 6.80. The number of fused-ring (bicyclic) bond motifs is 5. The zero-order valence-corrected chi connectivity index (χ0v) is 28.5. The SMILES string of the molecule is CC(C)(C)c1c(-c2cccc(N(c3ccc(-c4ccc5ccccc5c4)cc3)c3cc4ccccc4c4ccccc34)c2)oc2ccccc12. The Balaban J connectivity index is 1.25. The van der Waals surface area contributed by atoms with Crippen molar-refractivity contribution in [2.45, 2.75) is 26.2 Å². The van der Waals surface area contributed by atoms with Crippen LogP contribution in [0.25, 0.3) is 65.7 Å². The Morgan fingerprint density at radius 3 is 1.84 bits per heavy atom. The molecule has 9 aromatic rings. The zero-order valence-electron chi connectivity index (χ0n) is 28.5. The molecule has 0 aliphatic heterocycles. The van der Waals surface area contributed by atoms with Gasteiger partial charge in [0.25, 0.3) is 0 Å². The lowest BCUT2D eigenvalue weighted by atomic mass is 9.83. The van der Waals surface area contributed by atoms with Gasteiger partial charge in [0, 0.05) is 33.3 Å². The molecule has 1 aromatic heterocycles. The fourth-order valence-corrected chi connectivity index (χ4v) is 7.60. The van der Waals surface area contributed by atoms with Crippen molar-refractivity contribution in [2.24, 2.45) is 0 Å². The zero-order chi connectivity index (χ0) is 33.8. The van der Waals surface area contributed by atoms with Crippen LogP contribution in [0.2, 0.25) is 0 Å². The number of hydrogen-bond donors (Lipinski definition) is 0. The van der Waals surface area contributed by atoms with Crippen molar-refractivity contribution < 1.29 is 4.42 Å². The fraction of sp³-hybridized carbons (Fsp3) is 0.0833. The van der Waals surface area contributed by atoms with Crippen LogP contribution in [0.4, 0.5) is 17.1 Å². The molecule has 0 saturated heterocycles. The molecular weight excluding hydrogens is 607 g/mol. The van der Waals surface area contributed by atoms with E-state index in [2.05, 4.69) is 189 Å². The van der Waals surface area contributed by atoms with E-state index < -0.39 is 0 Å². The first-order valence-corrected chi connectivity index (χ1v) is 17.3. The summed E-state index contributed by atoms with van der Waals surface area (Å²) in [5.41, 5.74) is 8.79. The predicted octanol–water partition coefficient (Wildman–Crippen LogP) is 14.0. The summed E-state index contributed by atoms with van der Waals surface area (Å²) in [6, 6.07) is 61.3. The first-order chi connectivity index (χ1) is 24.4. The van der Waals surface area contributed by atoms with E-state index in [-0.39, 0.29) is 5.41 Å². The number of furan rings is 1. The molecule has 8 aromatic carbocycles. The molecule has 0 radical (unpaired) electrons. The maximum absolute atomic E-state index is 6.66. The molecule has 2 heteroatoms. The van der Waals surface area contributed by atoms with E-state index in [0.717, 1.165) is 34.0 Å². The van der Waals surface area contributed by atoms with Gasteiger partial charge in [-0.2, -0.15) is 0 Å². The molecular formula is C48H37NO. The van der Waals surface area contributed by atoms with E-state index in [4.69, 9.17) is 4.42 Å². The summed E-state index contributed by atoms with van der Waals surface area (Å²) < 4.78 is 6.66. The summed E-state index contributed by atoms with van der Waals surface area (Å²) in [5, 5.41) is 8.57. The summed E-state index contributed by atoms with van der Waals surface area (Å²) in [6.07, 6.45) is 0. The molecule has 0 aliphatic carbocycles. The molecule has 1 heterocycles. The average molecular weight is 644 g/mol. The third kappa shape index (κ3) is 5.12. The van der Waals surface area contributed by atoms with Crippen molar-refractivity contribution in [1.82, 2.24) is 0 Å². The van der Waals surface area contributed by atoms with Gasteiger partial charge in [-0.25, -0.2) is 0 Å². The predicted molar refractivity (Wildman–Crippen MR) is 213 cm³/mol. The van der Waals surface area contributed by atoms with Crippen LogP contribution < -0.4 is 4.90 Å². The number of hydrogen-bond acceptors (Lipinski definition) is 2. The quantitative estimate of drug-likeness (QED) is 0.174. The van der Waals surface area contributed by atoms with E-state index in [1.54, 1.807) is 0 Å². The summed E-state index contributed by atoms with van der Waals surface area (Å²) >= 11 is 0. The molecule has 9 rings (SSSR count). The number of para-hydroxylation sites is 1. The minimum Gasteiger partial charge on any atom is -0.456 e. The Kier molecular flexibility index (Phi) is 7.07. The van der Waals surface area contributed by atoms with Crippen LogP contribution in [0.1, 0.15) is 26.3 Å². The van der Waals surface area contributed by atoms with Gasteiger partial charge in [-0.05, 0) is 85.9 Å². The minimum atomic E-state index is -0.106. The topological polar surface area (TPSA) is 16.4 Å². The van der Waals surface area contributed by atoms with Crippen LogP contribution >= 0.6 is 0 Å². The maximum atomic E-state index is 6.66. The molecule has 50 heavy (non-hydrogen) atoms. The highest BCUT2D eigenvalue weighted by atomic mass is 16.3. The number of nitrogens with zero attached hydrogens (tertiary/aromatic N) is 1. The molecule has 0 unspecified atom stereocenters. The lowest BCUT2D eigenvalue weighted by molar-refractivity contribution is 0.568. The monoisotopic (exact) mass is 643 g/mol. The van der Waals surface area contributed by atoms with Crippen molar-refractivity contribution in [2.75, 3.05) is 4.90 Å². The maximum Gasteiger partial charge on any atom is 0.139 e. The van der Waals surface area contributed by atoms with Gasteiger partial charge in [0.15, 0.2) is 0 Å². The molecule has 2 nitrogen and oxygen atoms in total. The first-order valence-electron chi connectivity index (χ1n) is 17.3. The van der Waals surface area contributed by atoms with E-state index in [1.807, 2.05) is 6.07 Å². The van der Waals surface area contributed by atoms with Crippen LogP contribution in [0.15, 0.2) is 174 Å². The van der Waals surface area contributed by atoms with Crippen LogP contribution in [-0.2, 0) is 5.41 Å². The molecule has 0 spiro atoms. The summed E-state index contributed by atoms with van der Waals surface area (Å²) in [7, 11) is 0. The second kappa shape index (κ2) is 11.8. The average Bonchev–Trinajstić information content (AvgIpc) is 3.56. The summed E-state index contributed by atoms with van der Waals surface area (Å²) in [4.78, 5) is 2.40. The van der Waals surface area contributed by atoms with E-state index >= 15 is 0 Å². The molecule has 0 saturated carbocycles. The molecule has 0 bridgehead atoms. The van der Waals surface area contributed by atoms with Crippen LogP contribution in [-0.4, -0.2) is 0 Å². The third-order valence-corrected chi connectivity index (χ3v) is 9.91. The Morgan fingerprint density at radius 1 is 0.420 bits per heavy atom. The highest BCUT2D eigenvalue weighted by Gasteiger charge is 2.27. The fourth-order valence-electron chi connectivity index (χ4n) is 7.60. The highest BCUT2D eigenvalue weighted by Crippen LogP contribution is 2.45. The number of benzene rings is 8. The van der Waals surface area contributed by atoms with Gasteiger partial charge in [0.05, 0.1) is 5.69 Å². The normalized spacial score (nSPS) is 11.9. The van der Waals surface area contributed by atoms with E-state index in [9.17, 15) is 0 Å². The lowest BCUT2D eigenvalue weighted by Crippen LogP contribution is -2.12. The standard InChI is InChI=1S/C48H37NO/c1-48(2,3)46-43-21-10-11-22-45(43)50-47(46)37-16-12-17-39(30-37)49(44-31-36-15-6-7-18-40(36)41-19-8-9-20-42(41)44)38-27-25-33(26-28-38)35-24-23-32-13-4-5-14-34(32)29-35/h4-31H,1-3H3. The Labute approximate surface area is 292 Å². The van der Waals surface area contributed by atoms with Crippen molar-refractivity contribution in [1.29, 1.82) is 0 Å². The lowest BCUT2D eigenvalue weighted by Gasteiger charge is -2.28. The smallest absolute Gasteiger partial charge is 0.139 e. The molecule has 0 aliphatic rings. The number of anilines is 3. The van der Waals surface area contributed by atoms with Crippen LogP contribution in [0.3, 0.4) is 0 Å². The molecule has 0 amide bonds. The van der Waals surface area contributed by atoms with Gasteiger partial charge in [0.1, 0.15) is 11.3 Å². The molecule has 240 valence electrons. The number of rotatable bonds is 5. The molecule has 0 atom stereocenters. The largest absolute Gasteiger partial charge is 0.456 e. The summed E-state index contributed by atoms with van der Waals surface area (Å²) in [5.74, 6) is 0.926. The van der Waals surface area contributed by atoms with Crippen molar-refractivity contribution in [3.05, 3.63) is 175 Å². The molecule has 0 N–H and O–H groups in total. The molecule has 0 fully saturated rings. The van der Waals surface area contributed by atoms with Gasteiger partial charge in [-0.1, -0.05) is 148 Å². The highest BCUT2D eigenvalue weighted by molar-refractivity contribution is 6.14. The second-order valence-corrected chi connectivity index (χ2v) is 14.2. The van der Waals surface area contributed by atoms with E-state index in [0.29, 0.717) is 0 Å². The van der Waals surface area contributed by atoms with Crippen LogP contribution in [0.5, 0.6) is 0 Å². The first kappa shape index (κ1) is 30.0.